The molecule has 4 rings (SSSR count). The Morgan fingerprint density at radius 2 is 1.96 bits per heavy atom. The second-order valence-electron chi connectivity index (χ2n) is 6.42. The van der Waals surface area contributed by atoms with E-state index in [1.807, 2.05) is 0 Å². The van der Waals surface area contributed by atoms with E-state index < -0.39 is 16.3 Å². The van der Waals surface area contributed by atoms with E-state index in [0.29, 0.717) is 17.7 Å². The van der Waals surface area contributed by atoms with Crippen LogP contribution in [0.15, 0.2) is 50.6 Å². The van der Waals surface area contributed by atoms with Crippen LogP contribution in [0.25, 0.3) is 11.0 Å². The lowest BCUT2D eigenvalue weighted by molar-refractivity contribution is 0.151. The Labute approximate surface area is 149 Å². The molecule has 0 aliphatic carbocycles. The third-order valence-corrected chi connectivity index (χ3v) is 6.43. The third kappa shape index (κ3) is 2.71. The number of sulfone groups is 1. The molecule has 0 unspecified atom stereocenters. The van der Waals surface area contributed by atoms with Crippen LogP contribution in [-0.4, -0.2) is 15.0 Å². The van der Waals surface area contributed by atoms with Crippen LogP contribution in [0.5, 0.6) is 0 Å². The van der Waals surface area contributed by atoms with Gasteiger partial charge in [-0.05, 0) is 36.8 Å². The van der Waals surface area contributed by atoms with E-state index in [9.17, 15) is 17.2 Å². The van der Waals surface area contributed by atoms with Crippen molar-refractivity contribution in [3.8, 4) is 0 Å². The molecule has 0 spiro atoms. The lowest BCUT2D eigenvalue weighted by Gasteiger charge is -2.11. The fourth-order valence-corrected chi connectivity index (χ4v) is 4.78. The zero-order valence-electron chi connectivity index (χ0n) is 14.1. The van der Waals surface area contributed by atoms with Gasteiger partial charge in [-0.25, -0.2) is 17.2 Å². The number of hydrogen-bond acceptors (Lipinski definition) is 4. The second-order valence-corrected chi connectivity index (χ2v) is 8.37. The molecule has 0 saturated heterocycles. The summed E-state index contributed by atoms with van der Waals surface area (Å²) in [7, 11) is -3.91. The fraction of sp³-hybridized carbons (Fsp3) is 0.263. The Bertz CT molecular complexity index is 1100. The number of hydrogen-bond donors (Lipinski definition) is 1. The Morgan fingerprint density at radius 3 is 2.73 bits per heavy atom. The molecule has 2 heterocycles. The average molecular weight is 377 g/mol. The van der Waals surface area contributed by atoms with E-state index in [-0.39, 0.29) is 15.4 Å². The number of halogens is 2. The largest absolute Gasteiger partial charge is 0.460 e. The molecule has 0 atom stereocenters. The molecule has 4 nitrogen and oxygen atoms in total. The van der Waals surface area contributed by atoms with Crippen LogP contribution in [-0.2, 0) is 22.8 Å². The quantitative estimate of drug-likeness (QED) is 0.745. The Kier molecular flexibility index (Phi) is 4.08. The van der Waals surface area contributed by atoms with Crippen molar-refractivity contribution >= 4 is 20.8 Å². The van der Waals surface area contributed by atoms with Gasteiger partial charge in [-0.2, -0.15) is 0 Å². The topological polar surface area (TPSA) is 59.3 Å². The first-order valence-corrected chi connectivity index (χ1v) is 9.75. The highest BCUT2D eigenvalue weighted by Gasteiger charge is 2.24. The van der Waals surface area contributed by atoms with Crippen molar-refractivity contribution in [2.75, 3.05) is 6.54 Å². The van der Waals surface area contributed by atoms with Gasteiger partial charge < -0.3 is 9.73 Å². The summed E-state index contributed by atoms with van der Waals surface area (Å²) in [6, 6.07) is 8.05. The fourth-order valence-electron chi connectivity index (χ4n) is 3.36. The molecule has 0 bridgehead atoms. The predicted molar refractivity (Wildman–Crippen MR) is 93.2 cm³/mol. The molecular formula is C19H17F2NO3S. The lowest BCUT2D eigenvalue weighted by Crippen LogP contribution is -2.22. The summed E-state index contributed by atoms with van der Waals surface area (Å²) in [5.74, 6) is 0.871. The molecule has 1 aromatic heterocycles. The van der Waals surface area contributed by atoms with E-state index in [1.165, 1.54) is 24.3 Å². The van der Waals surface area contributed by atoms with E-state index in [4.69, 9.17) is 4.42 Å². The smallest absolute Gasteiger partial charge is 0.263 e. The van der Waals surface area contributed by atoms with Gasteiger partial charge in [0.25, 0.3) is 6.43 Å². The number of furan rings is 1. The van der Waals surface area contributed by atoms with E-state index in [0.717, 1.165) is 35.7 Å². The number of aryl methyl sites for hydroxylation is 1. The minimum absolute atomic E-state index is 0.0862. The SMILES string of the molecule is Cc1cc(S(=O)(=O)c2cccc(C(F)F)c2)cc2c3c(oc12)CCNC3. The first kappa shape index (κ1) is 17.2. The molecule has 0 saturated carbocycles. The number of benzene rings is 2. The van der Waals surface area contributed by atoms with Gasteiger partial charge in [0, 0.05) is 36.0 Å². The normalized spacial score (nSPS) is 14.8. The molecule has 1 aliphatic rings. The van der Waals surface area contributed by atoms with Crippen molar-refractivity contribution in [2.24, 2.45) is 0 Å². The number of rotatable bonds is 3. The van der Waals surface area contributed by atoms with Crippen molar-refractivity contribution in [3.63, 3.8) is 0 Å². The highest BCUT2D eigenvalue weighted by atomic mass is 32.2. The Balaban J connectivity index is 1.89. The maximum atomic E-state index is 13.0. The summed E-state index contributed by atoms with van der Waals surface area (Å²) < 4.78 is 57.8. The van der Waals surface area contributed by atoms with Crippen molar-refractivity contribution in [2.45, 2.75) is 36.1 Å². The summed E-state index contributed by atoms with van der Waals surface area (Å²) in [5, 5.41) is 4.02. The molecule has 0 fully saturated rings. The van der Waals surface area contributed by atoms with Gasteiger partial charge in [0.05, 0.1) is 9.79 Å². The van der Waals surface area contributed by atoms with E-state index in [2.05, 4.69) is 5.32 Å². The summed E-state index contributed by atoms with van der Waals surface area (Å²) in [6.45, 7) is 3.23. The minimum atomic E-state index is -3.91. The minimum Gasteiger partial charge on any atom is -0.460 e. The Hall–Kier alpha value is -2.25. The molecule has 0 amide bonds. The molecular weight excluding hydrogens is 360 g/mol. The van der Waals surface area contributed by atoms with E-state index >= 15 is 0 Å². The summed E-state index contributed by atoms with van der Waals surface area (Å²) >= 11 is 0. The van der Waals surface area contributed by atoms with Gasteiger partial charge >= 0.3 is 0 Å². The molecule has 1 N–H and O–H groups in total. The lowest BCUT2D eigenvalue weighted by atomic mass is 10.0. The molecule has 26 heavy (non-hydrogen) atoms. The maximum absolute atomic E-state index is 13.0. The van der Waals surface area contributed by atoms with Crippen LogP contribution >= 0.6 is 0 Å². The number of alkyl halides is 2. The second kappa shape index (κ2) is 6.17. The van der Waals surface area contributed by atoms with Gasteiger partial charge in [-0.3, -0.25) is 0 Å². The van der Waals surface area contributed by atoms with Crippen molar-refractivity contribution in [3.05, 3.63) is 58.8 Å². The van der Waals surface area contributed by atoms with Crippen molar-refractivity contribution < 1.29 is 21.6 Å². The van der Waals surface area contributed by atoms with Crippen molar-refractivity contribution in [1.29, 1.82) is 0 Å². The Morgan fingerprint density at radius 1 is 1.15 bits per heavy atom. The first-order chi connectivity index (χ1) is 12.4. The van der Waals surface area contributed by atoms with Gasteiger partial charge in [-0.15, -0.1) is 0 Å². The zero-order chi connectivity index (χ0) is 18.5. The zero-order valence-corrected chi connectivity index (χ0v) is 14.9. The molecule has 136 valence electrons. The molecule has 7 heteroatoms. The van der Waals surface area contributed by atoms with Crippen LogP contribution in [0, 0.1) is 6.92 Å². The van der Waals surface area contributed by atoms with Gasteiger partial charge in [0.1, 0.15) is 11.3 Å². The maximum Gasteiger partial charge on any atom is 0.263 e. The van der Waals surface area contributed by atoms with Gasteiger partial charge in [0.15, 0.2) is 0 Å². The summed E-state index contributed by atoms with van der Waals surface area (Å²) in [5.41, 5.74) is 2.04. The molecule has 0 radical (unpaired) electrons. The number of nitrogens with one attached hydrogen (secondary N) is 1. The summed E-state index contributed by atoms with van der Waals surface area (Å²) in [6.07, 6.45) is -1.97. The van der Waals surface area contributed by atoms with Crippen LogP contribution in [0.4, 0.5) is 8.78 Å². The van der Waals surface area contributed by atoms with Crippen LogP contribution < -0.4 is 5.32 Å². The predicted octanol–water partition coefficient (Wildman–Crippen LogP) is 4.16. The third-order valence-electron chi connectivity index (χ3n) is 4.70. The van der Waals surface area contributed by atoms with Crippen LogP contribution in [0.1, 0.15) is 28.9 Å². The summed E-state index contributed by atoms with van der Waals surface area (Å²) in [4.78, 5) is -0.0485. The van der Waals surface area contributed by atoms with Gasteiger partial charge in [0.2, 0.25) is 9.84 Å². The van der Waals surface area contributed by atoms with Crippen molar-refractivity contribution in [1.82, 2.24) is 5.32 Å². The molecule has 1 aliphatic heterocycles. The number of fused-ring (bicyclic) bond motifs is 3. The first-order valence-electron chi connectivity index (χ1n) is 8.27. The molecule has 2 aromatic carbocycles. The standard InChI is InChI=1S/C19H17F2NO3S/c1-11-7-14(9-15-16-10-22-6-5-17(16)25-18(11)15)26(23,24)13-4-2-3-12(8-13)19(20)21/h2-4,7-9,19,22H,5-6,10H2,1H3. The highest BCUT2D eigenvalue weighted by molar-refractivity contribution is 7.91. The van der Waals surface area contributed by atoms with Gasteiger partial charge in [-0.1, -0.05) is 12.1 Å². The van der Waals surface area contributed by atoms with Crippen LogP contribution in [0.3, 0.4) is 0 Å². The average Bonchev–Trinajstić information content (AvgIpc) is 3.01. The van der Waals surface area contributed by atoms with E-state index in [1.54, 1.807) is 13.0 Å². The monoisotopic (exact) mass is 377 g/mol. The highest BCUT2D eigenvalue weighted by Crippen LogP contribution is 2.34. The van der Waals surface area contributed by atoms with Crippen LogP contribution in [0.2, 0.25) is 0 Å². The molecule has 3 aromatic rings.